The van der Waals surface area contributed by atoms with Crippen LogP contribution in [0.3, 0.4) is 0 Å². The third-order valence-electron chi connectivity index (χ3n) is 4.14. The molecule has 156 valence electrons. The largest absolute Gasteiger partial charge is 0.467 e. The Morgan fingerprint density at radius 1 is 0.931 bits per heavy atom. The molecule has 0 aromatic heterocycles. The number of rotatable bonds is 8. The molecule has 0 atom stereocenters. The van der Waals surface area contributed by atoms with Crippen LogP contribution in [0.2, 0.25) is 0 Å². The van der Waals surface area contributed by atoms with E-state index in [4.69, 9.17) is 9.47 Å². The van der Waals surface area contributed by atoms with E-state index in [1.165, 1.54) is 18.9 Å². The summed E-state index contributed by atoms with van der Waals surface area (Å²) >= 11 is 1.51. The molecule has 0 aliphatic carbocycles. The van der Waals surface area contributed by atoms with E-state index in [0.717, 1.165) is 11.1 Å². The molecule has 0 aliphatic heterocycles. The zero-order valence-corrected chi connectivity index (χ0v) is 18.3. The van der Waals surface area contributed by atoms with Gasteiger partial charge in [0.25, 0.3) is 0 Å². The minimum absolute atomic E-state index is 0.319. The SMILES string of the molecule is COC(=O)C(SCCCNC(=O)OC(C)(C)C)(c1ccccc1)c1ccccc1. The van der Waals surface area contributed by atoms with Gasteiger partial charge in [-0.3, -0.25) is 0 Å². The summed E-state index contributed by atoms with van der Waals surface area (Å²) in [4.78, 5) is 24.8. The lowest BCUT2D eigenvalue weighted by Crippen LogP contribution is -2.36. The lowest BCUT2D eigenvalue weighted by Gasteiger charge is -2.31. The van der Waals surface area contributed by atoms with Crippen LogP contribution in [0.4, 0.5) is 4.79 Å². The second-order valence-corrected chi connectivity index (χ2v) is 8.84. The molecule has 1 N–H and O–H groups in total. The van der Waals surface area contributed by atoms with Crippen molar-refractivity contribution < 1.29 is 19.1 Å². The standard InChI is InChI=1S/C23H29NO4S/c1-22(2,3)28-21(26)24-16-11-17-29-23(20(25)27-4,18-12-7-5-8-13-18)19-14-9-6-10-15-19/h5-10,12-15H,11,16-17H2,1-4H3,(H,24,26). The van der Waals surface area contributed by atoms with Crippen LogP contribution in [0.1, 0.15) is 38.3 Å². The summed E-state index contributed by atoms with van der Waals surface area (Å²) in [6, 6.07) is 19.3. The molecule has 5 nitrogen and oxygen atoms in total. The van der Waals surface area contributed by atoms with Crippen molar-refractivity contribution in [2.75, 3.05) is 19.4 Å². The zero-order valence-electron chi connectivity index (χ0n) is 17.4. The summed E-state index contributed by atoms with van der Waals surface area (Å²) in [5.41, 5.74) is 1.20. The van der Waals surface area contributed by atoms with Crippen LogP contribution >= 0.6 is 11.8 Å². The summed E-state index contributed by atoms with van der Waals surface area (Å²) in [5.74, 6) is 0.328. The van der Waals surface area contributed by atoms with Crippen LogP contribution in [0, 0.1) is 0 Å². The van der Waals surface area contributed by atoms with Gasteiger partial charge >= 0.3 is 12.1 Å². The lowest BCUT2D eigenvalue weighted by molar-refractivity contribution is -0.142. The van der Waals surface area contributed by atoms with Crippen molar-refractivity contribution in [3.63, 3.8) is 0 Å². The number of nitrogens with one attached hydrogen (secondary N) is 1. The molecule has 1 amide bonds. The van der Waals surface area contributed by atoms with Crippen molar-refractivity contribution >= 4 is 23.8 Å². The molecule has 2 aromatic carbocycles. The van der Waals surface area contributed by atoms with Gasteiger partial charge in [0, 0.05) is 6.54 Å². The van der Waals surface area contributed by atoms with Crippen molar-refractivity contribution in [2.45, 2.75) is 37.5 Å². The zero-order chi connectivity index (χ0) is 21.3. The number of carbonyl (C=O) groups excluding carboxylic acids is 2. The van der Waals surface area contributed by atoms with Crippen molar-refractivity contribution in [1.29, 1.82) is 0 Å². The number of hydrogen-bond donors (Lipinski definition) is 1. The molecule has 0 radical (unpaired) electrons. The smallest absolute Gasteiger partial charge is 0.407 e. The Bertz CT molecular complexity index is 748. The fraction of sp³-hybridized carbons (Fsp3) is 0.391. The highest BCUT2D eigenvalue weighted by molar-refractivity contribution is 8.01. The normalized spacial score (nSPS) is 11.6. The molecule has 6 heteroatoms. The molecule has 0 unspecified atom stereocenters. The molecule has 2 aromatic rings. The average molecular weight is 416 g/mol. The molecular weight excluding hydrogens is 386 g/mol. The number of methoxy groups -OCH3 is 1. The Balaban J connectivity index is 2.15. The van der Waals surface area contributed by atoms with Crippen molar-refractivity contribution in [1.82, 2.24) is 5.32 Å². The molecule has 0 aliphatic rings. The van der Waals surface area contributed by atoms with Crippen molar-refractivity contribution in [3.05, 3.63) is 71.8 Å². The van der Waals surface area contributed by atoms with Gasteiger partial charge in [-0.15, -0.1) is 11.8 Å². The van der Waals surface area contributed by atoms with Crippen LogP contribution in [-0.4, -0.2) is 37.1 Å². The first kappa shape index (κ1) is 22.8. The fourth-order valence-electron chi connectivity index (χ4n) is 2.92. The summed E-state index contributed by atoms with van der Waals surface area (Å²) in [6.45, 7) is 5.94. The van der Waals surface area contributed by atoms with Gasteiger partial charge in [0.05, 0.1) is 7.11 Å². The van der Waals surface area contributed by atoms with Gasteiger partial charge in [-0.2, -0.15) is 0 Å². The van der Waals surface area contributed by atoms with Gasteiger partial charge in [0.15, 0.2) is 4.75 Å². The summed E-state index contributed by atoms with van der Waals surface area (Å²) < 4.78 is 9.50. The van der Waals surface area contributed by atoms with E-state index in [1.54, 1.807) is 0 Å². The number of thioether (sulfide) groups is 1. The highest BCUT2D eigenvalue weighted by atomic mass is 32.2. The van der Waals surface area contributed by atoms with Crippen LogP contribution < -0.4 is 5.32 Å². The van der Waals surface area contributed by atoms with Gasteiger partial charge < -0.3 is 14.8 Å². The van der Waals surface area contributed by atoms with E-state index < -0.39 is 16.4 Å². The number of carbonyl (C=O) groups is 2. The quantitative estimate of drug-likeness (QED) is 0.498. The number of hydrogen-bond acceptors (Lipinski definition) is 5. The second kappa shape index (κ2) is 10.3. The first-order valence-electron chi connectivity index (χ1n) is 9.60. The molecule has 0 bridgehead atoms. The first-order chi connectivity index (χ1) is 13.8. The molecule has 29 heavy (non-hydrogen) atoms. The fourth-order valence-corrected chi connectivity index (χ4v) is 4.32. The van der Waals surface area contributed by atoms with E-state index in [-0.39, 0.29) is 5.97 Å². The van der Waals surface area contributed by atoms with E-state index in [1.807, 2.05) is 81.4 Å². The molecule has 2 rings (SSSR count). The van der Waals surface area contributed by atoms with E-state index in [9.17, 15) is 9.59 Å². The van der Waals surface area contributed by atoms with Gasteiger partial charge in [-0.05, 0) is 44.1 Å². The van der Waals surface area contributed by atoms with Gasteiger partial charge in [-0.25, -0.2) is 9.59 Å². The molecule has 0 fully saturated rings. The first-order valence-corrected chi connectivity index (χ1v) is 10.6. The third-order valence-corrected chi connectivity index (χ3v) is 5.71. The van der Waals surface area contributed by atoms with Crippen LogP contribution in [0.5, 0.6) is 0 Å². The Morgan fingerprint density at radius 2 is 1.45 bits per heavy atom. The maximum atomic E-state index is 13.0. The molecule has 0 saturated heterocycles. The second-order valence-electron chi connectivity index (χ2n) is 7.54. The van der Waals surface area contributed by atoms with Crippen LogP contribution in [0.15, 0.2) is 60.7 Å². The number of alkyl carbamates (subject to hydrolysis) is 1. The summed E-state index contributed by atoms with van der Waals surface area (Å²) in [5, 5.41) is 2.76. The number of esters is 1. The maximum absolute atomic E-state index is 13.0. The van der Waals surface area contributed by atoms with E-state index in [0.29, 0.717) is 18.7 Å². The minimum Gasteiger partial charge on any atom is -0.467 e. The van der Waals surface area contributed by atoms with E-state index in [2.05, 4.69) is 5.32 Å². The number of ether oxygens (including phenoxy) is 2. The predicted octanol–water partition coefficient (Wildman–Crippen LogP) is 4.75. The number of benzene rings is 2. The van der Waals surface area contributed by atoms with Crippen molar-refractivity contribution in [3.8, 4) is 0 Å². The molecule has 0 saturated carbocycles. The molecular formula is C23H29NO4S. The highest BCUT2D eigenvalue weighted by Crippen LogP contribution is 2.44. The Labute approximate surface area is 177 Å². The topological polar surface area (TPSA) is 64.6 Å². The van der Waals surface area contributed by atoms with Gasteiger partial charge in [0.2, 0.25) is 0 Å². The average Bonchev–Trinajstić information content (AvgIpc) is 2.70. The summed E-state index contributed by atoms with van der Waals surface area (Å²) in [7, 11) is 1.41. The number of amides is 1. The van der Waals surface area contributed by atoms with Gasteiger partial charge in [0.1, 0.15) is 5.60 Å². The summed E-state index contributed by atoms with van der Waals surface area (Å²) in [6.07, 6.45) is 0.246. The lowest BCUT2D eigenvalue weighted by atomic mass is 9.90. The van der Waals surface area contributed by atoms with Crippen LogP contribution in [-0.2, 0) is 19.0 Å². The highest BCUT2D eigenvalue weighted by Gasteiger charge is 2.43. The van der Waals surface area contributed by atoms with Crippen LogP contribution in [0.25, 0.3) is 0 Å². The minimum atomic E-state index is -0.969. The third kappa shape index (κ3) is 6.26. The monoisotopic (exact) mass is 415 g/mol. The van der Waals surface area contributed by atoms with Gasteiger partial charge in [-0.1, -0.05) is 60.7 Å². The maximum Gasteiger partial charge on any atom is 0.407 e. The Hall–Kier alpha value is -2.47. The Morgan fingerprint density at radius 3 is 1.90 bits per heavy atom. The predicted molar refractivity (Wildman–Crippen MR) is 117 cm³/mol. The van der Waals surface area contributed by atoms with E-state index >= 15 is 0 Å². The molecule has 0 heterocycles. The molecule has 0 spiro atoms. The Kier molecular flexibility index (Phi) is 8.14. The van der Waals surface area contributed by atoms with Crippen molar-refractivity contribution in [2.24, 2.45) is 0 Å².